The minimum absolute atomic E-state index is 0.375. The average Bonchev–Trinajstić information content (AvgIpc) is 3.03. The Morgan fingerprint density at radius 1 is 1.06 bits per heavy atom. The largest absolute Gasteiger partial charge is 0.325 e. The van der Waals surface area contributed by atoms with Gasteiger partial charge in [-0.15, -0.1) is 0 Å². The maximum absolute atomic E-state index is 13.0. The van der Waals surface area contributed by atoms with Gasteiger partial charge in [0.25, 0.3) is 5.91 Å². The Balaban J connectivity index is 1.42. The molecule has 4 amide bonds. The van der Waals surface area contributed by atoms with Crippen molar-refractivity contribution >= 4 is 35.7 Å². The van der Waals surface area contributed by atoms with Gasteiger partial charge >= 0.3 is 6.03 Å². The molecule has 1 fully saturated rings. The van der Waals surface area contributed by atoms with Crippen molar-refractivity contribution in [2.75, 3.05) is 11.9 Å². The molecule has 0 spiro atoms. The molecule has 2 aromatic carbocycles. The van der Waals surface area contributed by atoms with Crippen LogP contribution in [0, 0.1) is 6.92 Å². The van der Waals surface area contributed by atoms with Gasteiger partial charge in [0, 0.05) is 11.9 Å². The van der Waals surface area contributed by atoms with E-state index >= 15 is 0 Å². The van der Waals surface area contributed by atoms with Crippen molar-refractivity contribution < 1.29 is 14.4 Å². The van der Waals surface area contributed by atoms with E-state index < -0.39 is 23.4 Å². The summed E-state index contributed by atoms with van der Waals surface area (Å²) >= 11 is 0. The molecule has 0 aliphatic carbocycles. The van der Waals surface area contributed by atoms with E-state index in [0.717, 1.165) is 21.7 Å². The first-order valence-electron chi connectivity index (χ1n) is 10.6. The standard InChI is InChI=1S/C26H24N4O3/c1-18-9-12-20(13-10-18)26(2)24(32)30(25(33)29-26)17-23(31)28-22-8-5-6-19(16-22)11-14-21-7-3-4-15-27-21/h3-16H,17H2,1-2H3,(H,28,31)(H,29,33)/b14-11+/t26-/m0/s1. The fraction of sp³-hybridized carbons (Fsp3) is 0.154. The first-order valence-corrected chi connectivity index (χ1v) is 10.6. The molecule has 166 valence electrons. The quantitative estimate of drug-likeness (QED) is 0.568. The van der Waals surface area contributed by atoms with Crippen LogP contribution in [0.1, 0.15) is 29.3 Å². The molecule has 1 atom stereocenters. The molecular formula is C26H24N4O3. The highest BCUT2D eigenvalue weighted by Gasteiger charge is 2.49. The molecule has 33 heavy (non-hydrogen) atoms. The third-order valence-electron chi connectivity index (χ3n) is 5.51. The van der Waals surface area contributed by atoms with Crippen LogP contribution in [-0.4, -0.2) is 34.3 Å². The Morgan fingerprint density at radius 2 is 1.85 bits per heavy atom. The number of hydrogen-bond donors (Lipinski definition) is 2. The lowest BCUT2D eigenvalue weighted by atomic mass is 9.91. The van der Waals surface area contributed by atoms with Crippen molar-refractivity contribution in [2.45, 2.75) is 19.4 Å². The minimum atomic E-state index is -1.21. The van der Waals surface area contributed by atoms with Crippen LogP contribution in [0.2, 0.25) is 0 Å². The topological polar surface area (TPSA) is 91.4 Å². The lowest BCUT2D eigenvalue weighted by molar-refractivity contribution is -0.133. The van der Waals surface area contributed by atoms with E-state index in [1.165, 1.54) is 0 Å². The summed E-state index contributed by atoms with van der Waals surface area (Å²) in [6.07, 6.45) is 5.48. The molecule has 0 unspecified atom stereocenters. The fourth-order valence-corrected chi connectivity index (χ4v) is 3.64. The Kier molecular flexibility index (Phi) is 6.04. The van der Waals surface area contributed by atoms with E-state index in [2.05, 4.69) is 15.6 Å². The van der Waals surface area contributed by atoms with Crippen LogP contribution in [-0.2, 0) is 15.1 Å². The molecular weight excluding hydrogens is 416 g/mol. The lowest BCUT2D eigenvalue weighted by Gasteiger charge is -2.22. The Labute approximate surface area is 192 Å². The predicted octanol–water partition coefficient (Wildman–Crippen LogP) is 3.97. The number of nitrogens with one attached hydrogen (secondary N) is 2. The van der Waals surface area contributed by atoms with Crippen molar-refractivity contribution in [1.82, 2.24) is 15.2 Å². The summed E-state index contributed by atoms with van der Waals surface area (Å²) in [5.74, 6) is -0.920. The van der Waals surface area contributed by atoms with Crippen molar-refractivity contribution in [3.05, 3.63) is 95.3 Å². The molecule has 0 saturated carbocycles. The van der Waals surface area contributed by atoms with Gasteiger partial charge in [-0.2, -0.15) is 0 Å². The van der Waals surface area contributed by atoms with Gasteiger partial charge in [-0.3, -0.25) is 19.5 Å². The second-order valence-electron chi connectivity index (χ2n) is 8.07. The highest BCUT2D eigenvalue weighted by molar-refractivity contribution is 6.10. The molecule has 7 nitrogen and oxygen atoms in total. The number of urea groups is 1. The summed E-state index contributed by atoms with van der Waals surface area (Å²) in [5.41, 5.74) is 2.77. The van der Waals surface area contributed by atoms with Gasteiger partial charge in [0.2, 0.25) is 5.91 Å². The van der Waals surface area contributed by atoms with Crippen LogP contribution in [0.15, 0.2) is 72.9 Å². The van der Waals surface area contributed by atoms with Crippen LogP contribution in [0.3, 0.4) is 0 Å². The van der Waals surface area contributed by atoms with Crippen molar-refractivity contribution in [3.8, 4) is 0 Å². The monoisotopic (exact) mass is 440 g/mol. The number of anilines is 1. The van der Waals surface area contributed by atoms with E-state index in [1.807, 2.05) is 61.5 Å². The molecule has 3 aromatic rings. The van der Waals surface area contributed by atoms with E-state index in [4.69, 9.17) is 0 Å². The minimum Gasteiger partial charge on any atom is -0.325 e. The Bertz CT molecular complexity index is 1220. The van der Waals surface area contributed by atoms with Gasteiger partial charge in [-0.25, -0.2) is 4.79 Å². The summed E-state index contributed by atoms with van der Waals surface area (Å²) in [6, 6.07) is 19.7. The smallest absolute Gasteiger partial charge is 0.325 e. The summed E-state index contributed by atoms with van der Waals surface area (Å²) < 4.78 is 0. The number of benzene rings is 2. The zero-order valence-electron chi connectivity index (χ0n) is 18.4. The molecule has 1 aliphatic heterocycles. The number of carbonyl (C=O) groups excluding carboxylic acids is 3. The third-order valence-corrected chi connectivity index (χ3v) is 5.51. The zero-order chi connectivity index (χ0) is 23.4. The van der Waals surface area contributed by atoms with Crippen LogP contribution in [0.5, 0.6) is 0 Å². The van der Waals surface area contributed by atoms with Gasteiger partial charge in [0.1, 0.15) is 12.1 Å². The summed E-state index contributed by atoms with van der Waals surface area (Å²) in [5, 5.41) is 5.48. The first-order chi connectivity index (χ1) is 15.8. The fourth-order valence-electron chi connectivity index (χ4n) is 3.64. The highest BCUT2D eigenvalue weighted by Crippen LogP contribution is 2.29. The third kappa shape index (κ3) is 4.82. The van der Waals surface area contributed by atoms with Crippen LogP contribution < -0.4 is 10.6 Å². The number of nitrogens with zero attached hydrogens (tertiary/aromatic N) is 2. The maximum atomic E-state index is 13.0. The number of amides is 4. The molecule has 1 saturated heterocycles. The highest BCUT2D eigenvalue weighted by atomic mass is 16.2. The average molecular weight is 441 g/mol. The van der Waals surface area contributed by atoms with Gasteiger partial charge in [-0.1, -0.05) is 54.1 Å². The second-order valence-corrected chi connectivity index (χ2v) is 8.07. The maximum Gasteiger partial charge on any atom is 0.325 e. The van der Waals surface area contributed by atoms with Crippen molar-refractivity contribution in [1.29, 1.82) is 0 Å². The number of aryl methyl sites for hydroxylation is 1. The molecule has 2 heterocycles. The van der Waals surface area contributed by atoms with Crippen molar-refractivity contribution in [3.63, 3.8) is 0 Å². The van der Waals surface area contributed by atoms with Gasteiger partial charge in [0.15, 0.2) is 0 Å². The SMILES string of the molecule is Cc1ccc([C@]2(C)NC(=O)N(CC(=O)Nc3cccc(/C=C/c4ccccn4)c3)C2=O)cc1. The van der Waals surface area contributed by atoms with Crippen LogP contribution in [0.4, 0.5) is 10.5 Å². The molecule has 1 aromatic heterocycles. The van der Waals surface area contributed by atoms with Gasteiger partial charge in [0.05, 0.1) is 5.69 Å². The number of aromatic nitrogens is 1. The van der Waals surface area contributed by atoms with Gasteiger partial charge in [-0.05, 0) is 55.3 Å². The second kappa shape index (κ2) is 9.08. The molecule has 7 heteroatoms. The molecule has 4 rings (SSSR count). The number of carbonyl (C=O) groups is 3. The van der Waals surface area contributed by atoms with Crippen LogP contribution in [0.25, 0.3) is 12.2 Å². The number of hydrogen-bond acceptors (Lipinski definition) is 4. The Morgan fingerprint density at radius 3 is 2.58 bits per heavy atom. The van der Waals surface area contributed by atoms with Crippen molar-refractivity contribution in [2.24, 2.45) is 0 Å². The summed E-state index contributed by atoms with van der Waals surface area (Å²) in [4.78, 5) is 43.3. The van der Waals surface area contributed by atoms with E-state index in [9.17, 15) is 14.4 Å². The lowest BCUT2D eigenvalue weighted by Crippen LogP contribution is -2.42. The number of rotatable bonds is 6. The zero-order valence-corrected chi connectivity index (χ0v) is 18.4. The first kappa shape index (κ1) is 22.0. The van der Waals surface area contributed by atoms with E-state index in [1.54, 1.807) is 37.4 Å². The molecule has 1 aliphatic rings. The van der Waals surface area contributed by atoms with E-state index in [-0.39, 0.29) is 6.54 Å². The molecule has 2 N–H and O–H groups in total. The number of imide groups is 1. The Hall–Kier alpha value is -4.26. The number of pyridine rings is 1. The normalized spacial score (nSPS) is 17.9. The summed E-state index contributed by atoms with van der Waals surface area (Å²) in [7, 11) is 0. The molecule has 0 bridgehead atoms. The molecule has 0 radical (unpaired) electrons. The predicted molar refractivity (Wildman–Crippen MR) is 127 cm³/mol. The van der Waals surface area contributed by atoms with E-state index in [0.29, 0.717) is 11.3 Å². The van der Waals surface area contributed by atoms with Crippen LogP contribution >= 0.6 is 0 Å². The van der Waals surface area contributed by atoms with Gasteiger partial charge < -0.3 is 10.6 Å². The summed E-state index contributed by atoms with van der Waals surface area (Å²) in [6.45, 7) is 3.22.